The lowest BCUT2D eigenvalue weighted by Gasteiger charge is -2.15. The van der Waals surface area contributed by atoms with Gasteiger partial charge >= 0.3 is 0 Å². The molecule has 23 heavy (non-hydrogen) atoms. The van der Waals surface area contributed by atoms with Gasteiger partial charge in [0.25, 0.3) is 5.91 Å². The molecular weight excluding hydrogens is 378 g/mol. The maximum absolute atomic E-state index is 12.0. The minimum Gasteiger partial charge on any atom is -0.482 e. The van der Waals surface area contributed by atoms with Crippen LogP contribution < -0.4 is 10.1 Å². The standard InChI is InChI=1S/C18H19BrClNO2/c1-3-13-4-6-14(7-5-13)12(2)21-18(22)11-23-17-9-8-15(19)10-16(17)20/h4-10,12H,3,11H2,1-2H3,(H,21,22). The lowest BCUT2D eigenvalue weighted by Crippen LogP contribution is -2.31. The first-order valence-electron chi connectivity index (χ1n) is 7.45. The Labute approximate surface area is 150 Å². The van der Waals surface area contributed by atoms with Crippen molar-refractivity contribution in [3.8, 4) is 5.75 Å². The zero-order chi connectivity index (χ0) is 16.8. The summed E-state index contributed by atoms with van der Waals surface area (Å²) in [6.45, 7) is 4.00. The van der Waals surface area contributed by atoms with E-state index in [0.29, 0.717) is 10.8 Å². The maximum atomic E-state index is 12.0. The number of carbonyl (C=O) groups is 1. The molecule has 1 unspecified atom stereocenters. The van der Waals surface area contributed by atoms with Gasteiger partial charge in [0.15, 0.2) is 6.61 Å². The normalized spacial score (nSPS) is 11.8. The van der Waals surface area contributed by atoms with Crippen LogP contribution in [0.4, 0.5) is 0 Å². The molecule has 5 heteroatoms. The highest BCUT2D eigenvalue weighted by molar-refractivity contribution is 9.10. The summed E-state index contributed by atoms with van der Waals surface area (Å²) in [5, 5.41) is 3.39. The number of aryl methyl sites for hydroxylation is 1. The highest BCUT2D eigenvalue weighted by atomic mass is 79.9. The lowest BCUT2D eigenvalue weighted by atomic mass is 10.1. The molecule has 2 aromatic rings. The van der Waals surface area contributed by atoms with E-state index < -0.39 is 0 Å². The van der Waals surface area contributed by atoms with Gasteiger partial charge in [0.1, 0.15) is 5.75 Å². The van der Waals surface area contributed by atoms with Crippen LogP contribution in [0.2, 0.25) is 5.02 Å². The van der Waals surface area contributed by atoms with Crippen molar-refractivity contribution in [2.24, 2.45) is 0 Å². The first-order valence-corrected chi connectivity index (χ1v) is 8.62. The summed E-state index contributed by atoms with van der Waals surface area (Å²) in [6.07, 6.45) is 1.00. The van der Waals surface area contributed by atoms with Gasteiger partial charge in [-0.05, 0) is 42.7 Å². The van der Waals surface area contributed by atoms with Crippen molar-refractivity contribution in [1.82, 2.24) is 5.32 Å². The third-order valence-corrected chi connectivity index (χ3v) is 4.31. The third-order valence-electron chi connectivity index (χ3n) is 3.52. The molecule has 0 aliphatic heterocycles. The molecule has 0 heterocycles. The van der Waals surface area contributed by atoms with Crippen molar-refractivity contribution in [2.45, 2.75) is 26.3 Å². The van der Waals surface area contributed by atoms with Gasteiger partial charge < -0.3 is 10.1 Å². The number of amides is 1. The topological polar surface area (TPSA) is 38.3 Å². The van der Waals surface area contributed by atoms with Crippen LogP contribution in [0.15, 0.2) is 46.9 Å². The van der Waals surface area contributed by atoms with Gasteiger partial charge in [0.05, 0.1) is 11.1 Å². The molecule has 0 radical (unpaired) electrons. The van der Waals surface area contributed by atoms with Gasteiger partial charge in [0.2, 0.25) is 0 Å². The summed E-state index contributed by atoms with van der Waals surface area (Å²) < 4.78 is 6.33. The molecule has 1 N–H and O–H groups in total. The highest BCUT2D eigenvalue weighted by Crippen LogP contribution is 2.27. The molecular formula is C18H19BrClNO2. The predicted octanol–water partition coefficient (Wildman–Crippen LogP) is 4.92. The van der Waals surface area contributed by atoms with Crippen molar-refractivity contribution in [1.29, 1.82) is 0 Å². The maximum Gasteiger partial charge on any atom is 0.258 e. The van der Waals surface area contributed by atoms with Crippen molar-refractivity contribution >= 4 is 33.4 Å². The molecule has 0 spiro atoms. The summed E-state index contributed by atoms with van der Waals surface area (Å²) in [4.78, 5) is 12.0. The minimum atomic E-state index is -0.184. The van der Waals surface area contributed by atoms with Crippen molar-refractivity contribution in [3.63, 3.8) is 0 Å². The number of hydrogen-bond acceptors (Lipinski definition) is 2. The van der Waals surface area contributed by atoms with Crippen molar-refractivity contribution in [2.75, 3.05) is 6.61 Å². The number of nitrogens with one attached hydrogen (secondary N) is 1. The minimum absolute atomic E-state index is 0.0707. The Morgan fingerprint density at radius 2 is 1.96 bits per heavy atom. The predicted molar refractivity (Wildman–Crippen MR) is 97.0 cm³/mol. The number of halogens is 2. The monoisotopic (exact) mass is 395 g/mol. The lowest BCUT2D eigenvalue weighted by molar-refractivity contribution is -0.123. The second-order valence-corrected chi connectivity index (χ2v) is 6.57. The van der Waals surface area contributed by atoms with Gasteiger partial charge in [-0.3, -0.25) is 4.79 Å². The Bertz CT molecular complexity index is 673. The molecule has 0 saturated heterocycles. The summed E-state index contributed by atoms with van der Waals surface area (Å²) in [5.41, 5.74) is 2.35. The smallest absolute Gasteiger partial charge is 0.258 e. The molecule has 0 aliphatic carbocycles. The van der Waals surface area contributed by atoms with E-state index in [2.05, 4.69) is 40.3 Å². The second kappa shape index (κ2) is 8.37. The zero-order valence-electron chi connectivity index (χ0n) is 13.1. The Morgan fingerprint density at radius 3 is 2.57 bits per heavy atom. The molecule has 0 aliphatic rings. The molecule has 0 bridgehead atoms. The van der Waals surface area contributed by atoms with E-state index in [4.69, 9.17) is 16.3 Å². The van der Waals surface area contributed by atoms with E-state index in [-0.39, 0.29) is 18.6 Å². The fraction of sp³-hybridized carbons (Fsp3) is 0.278. The number of hydrogen-bond donors (Lipinski definition) is 1. The van der Waals surface area contributed by atoms with Crippen LogP contribution in [0.5, 0.6) is 5.75 Å². The van der Waals surface area contributed by atoms with E-state index >= 15 is 0 Å². The molecule has 1 atom stereocenters. The van der Waals surface area contributed by atoms with Crippen LogP contribution in [0.25, 0.3) is 0 Å². The van der Waals surface area contributed by atoms with Gasteiger partial charge in [-0.1, -0.05) is 58.7 Å². The van der Waals surface area contributed by atoms with Gasteiger partial charge in [-0.2, -0.15) is 0 Å². The van der Waals surface area contributed by atoms with Gasteiger partial charge in [0, 0.05) is 4.47 Å². The summed E-state index contributed by atoms with van der Waals surface area (Å²) in [7, 11) is 0. The van der Waals surface area contributed by atoms with Crippen molar-refractivity contribution < 1.29 is 9.53 Å². The van der Waals surface area contributed by atoms with Gasteiger partial charge in [-0.25, -0.2) is 0 Å². The molecule has 1 amide bonds. The molecule has 2 rings (SSSR count). The Hall–Kier alpha value is -1.52. The number of rotatable bonds is 6. The second-order valence-electron chi connectivity index (χ2n) is 5.25. The molecule has 0 aromatic heterocycles. The van der Waals surface area contributed by atoms with Crippen LogP contribution in [-0.4, -0.2) is 12.5 Å². The van der Waals surface area contributed by atoms with Crippen LogP contribution >= 0.6 is 27.5 Å². The SMILES string of the molecule is CCc1ccc(C(C)NC(=O)COc2ccc(Br)cc2Cl)cc1. The highest BCUT2D eigenvalue weighted by Gasteiger charge is 2.11. The average Bonchev–Trinajstić information content (AvgIpc) is 2.54. The molecule has 0 fully saturated rings. The van der Waals surface area contributed by atoms with Crippen LogP contribution in [0.3, 0.4) is 0 Å². The molecule has 122 valence electrons. The van der Waals surface area contributed by atoms with E-state index in [1.54, 1.807) is 12.1 Å². The Morgan fingerprint density at radius 1 is 1.26 bits per heavy atom. The largest absolute Gasteiger partial charge is 0.482 e. The molecule has 2 aromatic carbocycles. The quantitative estimate of drug-likeness (QED) is 0.752. The Balaban J connectivity index is 1.88. The van der Waals surface area contributed by atoms with Gasteiger partial charge in [-0.15, -0.1) is 0 Å². The van der Waals surface area contributed by atoms with E-state index in [0.717, 1.165) is 16.5 Å². The number of benzene rings is 2. The fourth-order valence-electron chi connectivity index (χ4n) is 2.14. The molecule has 3 nitrogen and oxygen atoms in total. The van der Waals surface area contributed by atoms with E-state index in [9.17, 15) is 4.79 Å². The van der Waals surface area contributed by atoms with Crippen LogP contribution in [0.1, 0.15) is 31.0 Å². The summed E-state index contributed by atoms with van der Waals surface area (Å²) >= 11 is 9.38. The van der Waals surface area contributed by atoms with Crippen LogP contribution in [0, 0.1) is 0 Å². The number of ether oxygens (including phenoxy) is 1. The van der Waals surface area contributed by atoms with E-state index in [1.165, 1.54) is 5.56 Å². The summed E-state index contributed by atoms with van der Waals surface area (Å²) in [5.74, 6) is 0.307. The first-order chi connectivity index (χ1) is 11.0. The van der Waals surface area contributed by atoms with Crippen LogP contribution in [-0.2, 0) is 11.2 Å². The zero-order valence-corrected chi connectivity index (χ0v) is 15.4. The Kier molecular flexibility index (Phi) is 6.48. The fourth-order valence-corrected chi connectivity index (χ4v) is 2.87. The average molecular weight is 397 g/mol. The first kappa shape index (κ1) is 17.8. The van der Waals surface area contributed by atoms with E-state index in [1.807, 2.05) is 25.1 Å². The molecule has 0 saturated carbocycles. The van der Waals surface area contributed by atoms with Crippen molar-refractivity contribution in [3.05, 3.63) is 63.1 Å². The number of carbonyl (C=O) groups excluding carboxylic acids is 1. The summed E-state index contributed by atoms with van der Waals surface area (Å²) in [6, 6.07) is 13.4. The third kappa shape index (κ3) is 5.26.